The van der Waals surface area contributed by atoms with Crippen LogP contribution in [0.5, 0.6) is 5.75 Å². The third-order valence-electron chi connectivity index (χ3n) is 5.66. The third kappa shape index (κ3) is 6.71. The van der Waals surface area contributed by atoms with Gasteiger partial charge in [0.25, 0.3) is 0 Å². The van der Waals surface area contributed by atoms with Crippen molar-refractivity contribution in [3.05, 3.63) is 107 Å². The molecule has 0 spiro atoms. The summed E-state index contributed by atoms with van der Waals surface area (Å²) >= 11 is 0. The fourth-order valence-corrected chi connectivity index (χ4v) is 3.85. The third-order valence-corrected chi connectivity index (χ3v) is 5.66. The molecule has 4 rings (SSSR count). The number of hydrogen-bond donors (Lipinski definition) is 2. The zero-order valence-corrected chi connectivity index (χ0v) is 19.9. The highest BCUT2D eigenvalue weighted by atomic mass is 19.4. The zero-order valence-electron chi connectivity index (χ0n) is 19.9. The van der Waals surface area contributed by atoms with Crippen molar-refractivity contribution in [2.24, 2.45) is 0 Å². The molecule has 37 heavy (non-hydrogen) atoms. The highest BCUT2D eigenvalue weighted by molar-refractivity contribution is 5.92. The van der Waals surface area contributed by atoms with Gasteiger partial charge in [-0.2, -0.15) is 13.2 Å². The second-order valence-electron chi connectivity index (χ2n) is 8.38. The Bertz CT molecular complexity index is 1340. The number of carbonyl (C=O) groups excluding carboxylic acids is 1. The van der Waals surface area contributed by atoms with Crippen LogP contribution in [-0.2, 0) is 22.4 Å². The molecule has 3 aromatic carbocycles. The molecular formula is C28H24F3N3O3. The summed E-state index contributed by atoms with van der Waals surface area (Å²) < 4.78 is 43.9. The van der Waals surface area contributed by atoms with Gasteiger partial charge >= 0.3 is 6.18 Å². The molecule has 190 valence electrons. The van der Waals surface area contributed by atoms with Crippen molar-refractivity contribution in [2.75, 3.05) is 12.4 Å². The van der Waals surface area contributed by atoms with Crippen LogP contribution in [0, 0.1) is 0 Å². The number of nitrogens with one attached hydrogen (secondary N) is 1. The van der Waals surface area contributed by atoms with Gasteiger partial charge in [-0.15, -0.1) is 0 Å². The van der Waals surface area contributed by atoms with E-state index in [0.29, 0.717) is 29.2 Å². The minimum absolute atomic E-state index is 0.0417. The van der Waals surface area contributed by atoms with Crippen molar-refractivity contribution in [1.82, 2.24) is 9.97 Å². The number of benzene rings is 3. The summed E-state index contributed by atoms with van der Waals surface area (Å²) in [7, 11) is 1.00. The lowest BCUT2D eigenvalue weighted by atomic mass is 10.0. The molecule has 1 aromatic heterocycles. The Morgan fingerprint density at radius 3 is 2.27 bits per heavy atom. The lowest BCUT2D eigenvalue weighted by molar-refractivity contribution is -0.215. The fraction of sp³-hybridized carbons (Fsp3) is 0.179. The zero-order chi connectivity index (χ0) is 26.4. The van der Waals surface area contributed by atoms with Gasteiger partial charge in [-0.05, 0) is 41.0 Å². The number of methoxy groups -OCH3 is 1. The summed E-state index contributed by atoms with van der Waals surface area (Å²) in [5, 5.41) is 12.4. The standard InChI is InChI=1S/C28H24F3N3O3/c1-37-26(28(29,30)31)21-9-7-19(8-10-21)16-25(36)34-27-23(15-18-5-3-2-4-6-18)33-24(17-32-27)20-11-13-22(35)14-12-20/h2-14,17,26,35H,15-16H2,1H3,(H,32,34,36). The summed E-state index contributed by atoms with van der Waals surface area (Å²) in [4.78, 5) is 21.9. The molecule has 0 aliphatic carbocycles. The maximum atomic E-state index is 13.1. The Hall–Kier alpha value is -4.24. The van der Waals surface area contributed by atoms with E-state index in [2.05, 4.69) is 15.0 Å². The number of ether oxygens (including phenoxy) is 1. The van der Waals surface area contributed by atoms with Crippen LogP contribution in [0.3, 0.4) is 0 Å². The molecule has 0 aliphatic rings. The topological polar surface area (TPSA) is 84.3 Å². The SMILES string of the molecule is COC(c1ccc(CC(=O)Nc2ncc(-c3ccc(O)cc3)nc2Cc2ccccc2)cc1)C(F)(F)F. The average Bonchev–Trinajstić information content (AvgIpc) is 2.87. The number of phenols is 1. The molecule has 1 atom stereocenters. The summed E-state index contributed by atoms with van der Waals surface area (Å²) in [5.41, 5.74) is 3.36. The maximum Gasteiger partial charge on any atom is 0.418 e. The first-order chi connectivity index (χ1) is 17.7. The van der Waals surface area contributed by atoms with Crippen LogP contribution >= 0.6 is 0 Å². The number of hydrogen-bond acceptors (Lipinski definition) is 5. The Morgan fingerprint density at radius 2 is 1.65 bits per heavy atom. The van der Waals surface area contributed by atoms with Crippen LogP contribution in [-0.4, -0.2) is 34.3 Å². The average molecular weight is 508 g/mol. The van der Waals surface area contributed by atoms with Gasteiger partial charge in [0.15, 0.2) is 11.9 Å². The first-order valence-corrected chi connectivity index (χ1v) is 11.4. The number of nitrogens with zero attached hydrogens (tertiary/aromatic N) is 2. The second-order valence-corrected chi connectivity index (χ2v) is 8.38. The van der Waals surface area contributed by atoms with E-state index in [1.54, 1.807) is 24.3 Å². The van der Waals surface area contributed by atoms with E-state index in [-0.39, 0.29) is 23.6 Å². The van der Waals surface area contributed by atoms with E-state index < -0.39 is 12.3 Å². The Kier molecular flexibility index (Phi) is 7.83. The number of anilines is 1. The molecule has 0 radical (unpaired) electrons. The van der Waals surface area contributed by atoms with Crippen molar-refractivity contribution in [1.29, 1.82) is 0 Å². The highest BCUT2D eigenvalue weighted by Crippen LogP contribution is 2.35. The predicted molar refractivity (Wildman–Crippen MR) is 133 cm³/mol. The number of carbonyl (C=O) groups is 1. The predicted octanol–water partition coefficient (Wildman–Crippen LogP) is 5.87. The first kappa shape index (κ1) is 25.8. The van der Waals surface area contributed by atoms with E-state index >= 15 is 0 Å². The molecule has 1 heterocycles. The largest absolute Gasteiger partial charge is 0.508 e. The van der Waals surface area contributed by atoms with Crippen molar-refractivity contribution < 1.29 is 27.8 Å². The van der Waals surface area contributed by atoms with E-state index in [1.807, 2.05) is 30.3 Å². The normalized spacial score (nSPS) is 12.2. The molecule has 2 N–H and O–H groups in total. The summed E-state index contributed by atoms with van der Waals surface area (Å²) in [6, 6.07) is 21.7. The summed E-state index contributed by atoms with van der Waals surface area (Å²) in [6.07, 6.45) is -4.67. The monoisotopic (exact) mass is 507 g/mol. The van der Waals surface area contributed by atoms with Gasteiger partial charge in [0.05, 0.1) is 24.0 Å². The molecule has 0 saturated carbocycles. The van der Waals surface area contributed by atoms with E-state index in [0.717, 1.165) is 18.2 Å². The minimum atomic E-state index is -4.53. The van der Waals surface area contributed by atoms with Crippen LogP contribution in [0.2, 0.25) is 0 Å². The van der Waals surface area contributed by atoms with E-state index in [1.165, 1.54) is 30.5 Å². The first-order valence-electron chi connectivity index (χ1n) is 11.4. The lowest BCUT2D eigenvalue weighted by Gasteiger charge is -2.19. The molecular weight excluding hydrogens is 483 g/mol. The Balaban J connectivity index is 1.53. The van der Waals surface area contributed by atoms with Crippen LogP contribution in [0.15, 0.2) is 85.1 Å². The van der Waals surface area contributed by atoms with Gasteiger partial charge in [0.1, 0.15) is 5.75 Å². The molecule has 0 bridgehead atoms. The number of amides is 1. The molecule has 0 fully saturated rings. The van der Waals surface area contributed by atoms with Gasteiger partial charge in [-0.25, -0.2) is 9.97 Å². The van der Waals surface area contributed by atoms with Crippen LogP contribution in [0.25, 0.3) is 11.3 Å². The molecule has 6 nitrogen and oxygen atoms in total. The molecule has 1 amide bonds. The van der Waals surface area contributed by atoms with Gasteiger partial charge in [0.2, 0.25) is 5.91 Å². The fourth-order valence-electron chi connectivity index (χ4n) is 3.85. The number of aromatic hydroxyl groups is 1. The van der Waals surface area contributed by atoms with Gasteiger partial charge in [0, 0.05) is 19.1 Å². The Morgan fingerprint density at radius 1 is 0.973 bits per heavy atom. The number of phenolic OH excluding ortho intramolecular Hbond substituents is 1. The number of halogens is 3. The molecule has 1 unspecified atom stereocenters. The highest BCUT2D eigenvalue weighted by Gasteiger charge is 2.41. The molecule has 4 aromatic rings. The van der Waals surface area contributed by atoms with Crippen molar-refractivity contribution >= 4 is 11.7 Å². The van der Waals surface area contributed by atoms with Crippen LogP contribution in [0.1, 0.15) is 28.5 Å². The maximum absolute atomic E-state index is 13.1. The van der Waals surface area contributed by atoms with E-state index in [4.69, 9.17) is 4.98 Å². The lowest BCUT2D eigenvalue weighted by Crippen LogP contribution is -2.22. The van der Waals surface area contributed by atoms with Gasteiger partial charge in [-0.3, -0.25) is 4.79 Å². The van der Waals surface area contributed by atoms with Crippen LogP contribution in [0.4, 0.5) is 19.0 Å². The van der Waals surface area contributed by atoms with Crippen molar-refractivity contribution in [3.8, 4) is 17.0 Å². The molecule has 0 aliphatic heterocycles. The minimum Gasteiger partial charge on any atom is -0.508 e. The second kappa shape index (κ2) is 11.2. The smallest absolute Gasteiger partial charge is 0.418 e. The number of aromatic nitrogens is 2. The molecule has 0 saturated heterocycles. The number of alkyl halides is 3. The Labute approximate surface area is 211 Å². The van der Waals surface area contributed by atoms with Gasteiger partial charge < -0.3 is 15.2 Å². The van der Waals surface area contributed by atoms with Crippen LogP contribution < -0.4 is 5.32 Å². The van der Waals surface area contributed by atoms with Crippen molar-refractivity contribution in [2.45, 2.75) is 25.1 Å². The summed E-state index contributed by atoms with van der Waals surface area (Å²) in [5.74, 6) is 0.0478. The summed E-state index contributed by atoms with van der Waals surface area (Å²) in [6.45, 7) is 0. The van der Waals surface area contributed by atoms with Crippen molar-refractivity contribution in [3.63, 3.8) is 0 Å². The number of rotatable bonds is 8. The van der Waals surface area contributed by atoms with Gasteiger partial charge in [-0.1, -0.05) is 54.6 Å². The van der Waals surface area contributed by atoms with E-state index in [9.17, 15) is 23.1 Å². The quantitative estimate of drug-likeness (QED) is 0.312. The molecule has 9 heteroatoms.